The van der Waals surface area contributed by atoms with Crippen molar-refractivity contribution >= 4 is 15.9 Å². The van der Waals surface area contributed by atoms with Gasteiger partial charge in [0.15, 0.2) is 0 Å². The average Bonchev–Trinajstić information content (AvgIpc) is 3.28. The topological polar surface area (TPSA) is 84.9 Å². The monoisotopic (exact) mass is 446 g/mol. The summed E-state index contributed by atoms with van der Waals surface area (Å²) in [7, 11) is -3.90. The number of sulfonamides is 1. The van der Waals surface area contributed by atoms with Gasteiger partial charge in [0.25, 0.3) is 0 Å². The first-order chi connectivity index (χ1) is 14.9. The summed E-state index contributed by atoms with van der Waals surface area (Å²) >= 11 is 0. The number of hydrogen-bond acceptors (Lipinski definition) is 5. The molecule has 31 heavy (non-hydrogen) atoms. The van der Waals surface area contributed by atoms with Crippen LogP contribution in [0.4, 0.5) is 0 Å². The molecule has 0 radical (unpaired) electrons. The first-order valence-electron chi connectivity index (χ1n) is 10.6. The van der Waals surface area contributed by atoms with Gasteiger partial charge in [0.05, 0.1) is 24.2 Å². The third-order valence-corrected chi connectivity index (χ3v) is 6.94. The van der Waals surface area contributed by atoms with Crippen molar-refractivity contribution in [2.75, 3.05) is 26.3 Å². The van der Waals surface area contributed by atoms with Gasteiger partial charge in [-0.2, -0.15) is 4.31 Å². The summed E-state index contributed by atoms with van der Waals surface area (Å²) in [6.45, 7) is 5.10. The first-order valence-corrected chi connectivity index (χ1v) is 12.0. The molecule has 1 heterocycles. The zero-order valence-electron chi connectivity index (χ0n) is 18.0. The molecule has 1 aliphatic heterocycles. The summed E-state index contributed by atoms with van der Waals surface area (Å²) in [6.07, 6.45) is 1.88. The molecule has 1 amide bonds. The highest BCUT2D eigenvalue weighted by Crippen LogP contribution is 2.25. The molecule has 1 fully saturated rings. The number of carbonyl (C=O) groups excluding carboxylic acids is 1. The van der Waals surface area contributed by atoms with Gasteiger partial charge in [0, 0.05) is 19.7 Å². The van der Waals surface area contributed by atoms with Gasteiger partial charge in [0.1, 0.15) is 5.75 Å². The molecule has 8 heteroatoms. The number of aryl methyl sites for hydroxylation is 1. The molecule has 0 aliphatic carbocycles. The predicted molar refractivity (Wildman–Crippen MR) is 118 cm³/mol. The van der Waals surface area contributed by atoms with E-state index >= 15 is 0 Å². The van der Waals surface area contributed by atoms with Crippen molar-refractivity contribution in [1.82, 2.24) is 9.62 Å². The molecule has 0 aromatic heterocycles. The fourth-order valence-electron chi connectivity index (χ4n) is 3.51. The van der Waals surface area contributed by atoms with Gasteiger partial charge in [-0.15, -0.1) is 0 Å². The molecule has 1 aliphatic rings. The zero-order valence-corrected chi connectivity index (χ0v) is 18.9. The minimum absolute atomic E-state index is 0.00288. The highest BCUT2D eigenvalue weighted by atomic mass is 32.2. The lowest BCUT2D eigenvalue weighted by atomic mass is 10.2. The molecule has 0 saturated carbocycles. The van der Waals surface area contributed by atoms with Crippen molar-refractivity contribution in [2.45, 2.75) is 44.2 Å². The number of nitrogens with zero attached hydrogens (tertiary/aromatic N) is 1. The molecule has 1 N–H and O–H groups in total. The summed E-state index contributed by atoms with van der Waals surface area (Å²) in [5.41, 5.74) is 1.53. The standard InChI is InChI=1S/C23H30N2O5S/c1-3-29-22-12-11-21(14-18(22)2)31(27,28)25(16-19-8-5-4-6-9-19)17-23(26)24-15-20-10-7-13-30-20/h4-6,8-9,11-12,14,20H,3,7,10,13,15-17H2,1-2H3,(H,24,26)/t20-/m0/s1. The van der Waals surface area contributed by atoms with Crippen LogP contribution in [0, 0.1) is 6.92 Å². The third kappa shape index (κ3) is 6.29. The number of nitrogens with one attached hydrogen (secondary N) is 1. The van der Waals surface area contributed by atoms with Crippen molar-refractivity contribution in [3.8, 4) is 5.75 Å². The fraction of sp³-hybridized carbons (Fsp3) is 0.435. The molecule has 168 valence electrons. The maximum absolute atomic E-state index is 13.4. The van der Waals surface area contributed by atoms with Gasteiger partial charge >= 0.3 is 0 Å². The number of rotatable bonds is 10. The average molecular weight is 447 g/mol. The molecule has 0 spiro atoms. The summed E-state index contributed by atoms with van der Waals surface area (Å²) in [6, 6.07) is 14.0. The predicted octanol–water partition coefficient (Wildman–Crippen LogP) is 2.88. The normalized spacial score (nSPS) is 16.4. The second kappa shape index (κ2) is 10.7. The van der Waals surface area contributed by atoms with Gasteiger partial charge in [0.2, 0.25) is 15.9 Å². The van der Waals surface area contributed by atoms with E-state index in [0.717, 1.165) is 24.0 Å². The summed E-state index contributed by atoms with van der Waals surface area (Å²) in [5, 5.41) is 2.81. The third-order valence-electron chi connectivity index (χ3n) is 5.16. The lowest BCUT2D eigenvalue weighted by Gasteiger charge is -2.23. The van der Waals surface area contributed by atoms with E-state index in [2.05, 4.69) is 5.32 Å². The van der Waals surface area contributed by atoms with Crippen LogP contribution in [0.15, 0.2) is 53.4 Å². The maximum Gasteiger partial charge on any atom is 0.243 e. The van der Waals surface area contributed by atoms with Crippen LogP contribution in [-0.4, -0.2) is 51.0 Å². The lowest BCUT2D eigenvalue weighted by molar-refractivity contribution is -0.121. The maximum atomic E-state index is 13.4. The summed E-state index contributed by atoms with van der Waals surface area (Å²) in [4.78, 5) is 12.7. The van der Waals surface area contributed by atoms with Crippen molar-refractivity contribution in [1.29, 1.82) is 0 Å². The molecule has 0 unspecified atom stereocenters. The second-order valence-electron chi connectivity index (χ2n) is 7.56. The Labute approximate surface area is 184 Å². The Morgan fingerprint density at radius 2 is 2.00 bits per heavy atom. The molecule has 1 saturated heterocycles. The minimum Gasteiger partial charge on any atom is -0.494 e. The quantitative estimate of drug-likeness (QED) is 0.607. The van der Waals surface area contributed by atoms with Crippen LogP contribution in [0.2, 0.25) is 0 Å². The molecule has 2 aromatic rings. The minimum atomic E-state index is -3.90. The number of amides is 1. The van der Waals surface area contributed by atoms with Crippen molar-refractivity contribution in [2.24, 2.45) is 0 Å². The smallest absolute Gasteiger partial charge is 0.243 e. The molecule has 1 atom stereocenters. The SMILES string of the molecule is CCOc1ccc(S(=O)(=O)N(CC(=O)NC[C@@H]2CCCO2)Cc2ccccc2)cc1C. The lowest BCUT2D eigenvalue weighted by Crippen LogP contribution is -2.42. The fourth-order valence-corrected chi connectivity index (χ4v) is 4.98. The van der Waals surface area contributed by atoms with Crippen LogP contribution in [-0.2, 0) is 26.1 Å². The van der Waals surface area contributed by atoms with E-state index in [1.165, 1.54) is 10.4 Å². The number of hydrogen-bond donors (Lipinski definition) is 1. The molecular formula is C23H30N2O5S. The van der Waals surface area contributed by atoms with Crippen LogP contribution in [0.5, 0.6) is 5.75 Å². The Bertz CT molecular complexity index is 973. The van der Waals surface area contributed by atoms with E-state index in [1.807, 2.05) is 37.3 Å². The Balaban J connectivity index is 1.80. The molecule has 7 nitrogen and oxygen atoms in total. The second-order valence-corrected chi connectivity index (χ2v) is 9.50. The first kappa shape index (κ1) is 23.2. The van der Waals surface area contributed by atoms with E-state index in [-0.39, 0.29) is 30.0 Å². The molecule has 2 aromatic carbocycles. The van der Waals surface area contributed by atoms with E-state index in [0.29, 0.717) is 25.5 Å². The number of benzene rings is 2. The van der Waals surface area contributed by atoms with E-state index in [9.17, 15) is 13.2 Å². The highest BCUT2D eigenvalue weighted by Gasteiger charge is 2.28. The van der Waals surface area contributed by atoms with Crippen LogP contribution in [0.25, 0.3) is 0 Å². The van der Waals surface area contributed by atoms with Gasteiger partial charge in [-0.25, -0.2) is 8.42 Å². The van der Waals surface area contributed by atoms with Gasteiger partial charge in [-0.05, 0) is 56.0 Å². The number of carbonyl (C=O) groups is 1. The van der Waals surface area contributed by atoms with E-state index < -0.39 is 10.0 Å². The van der Waals surface area contributed by atoms with Gasteiger partial charge in [-0.1, -0.05) is 30.3 Å². The van der Waals surface area contributed by atoms with Gasteiger partial charge < -0.3 is 14.8 Å². The Kier molecular flexibility index (Phi) is 8.06. The summed E-state index contributed by atoms with van der Waals surface area (Å²) in [5.74, 6) is 0.294. The molecule has 3 rings (SSSR count). The largest absolute Gasteiger partial charge is 0.494 e. The van der Waals surface area contributed by atoms with Crippen molar-refractivity contribution in [3.05, 3.63) is 59.7 Å². The van der Waals surface area contributed by atoms with Crippen LogP contribution in [0.1, 0.15) is 30.9 Å². The Morgan fingerprint density at radius 3 is 2.65 bits per heavy atom. The summed E-state index contributed by atoms with van der Waals surface area (Å²) < 4.78 is 39.1. The van der Waals surface area contributed by atoms with Crippen molar-refractivity contribution < 1.29 is 22.7 Å². The molecular weight excluding hydrogens is 416 g/mol. The number of ether oxygens (including phenoxy) is 2. The van der Waals surface area contributed by atoms with Crippen molar-refractivity contribution in [3.63, 3.8) is 0 Å². The highest BCUT2D eigenvalue weighted by molar-refractivity contribution is 7.89. The Morgan fingerprint density at radius 1 is 1.23 bits per heavy atom. The van der Waals surface area contributed by atoms with Crippen LogP contribution < -0.4 is 10.1 Å². The molecule has 0 bridgehead atoms. The zero-order chi connectivity index (χ0) is 22.3. The van der Waals surface area contributed by atoms with E-state index in [4.69, 9.17) is 9.47 Å². The van der Waals surface area contributed by atoms with Crippen LogP contribution in [0.3, 0.4) is 0 Å². The van der Waals surface area contributed by atoms with Crippen LogP contribution >= 0.6 is 0 Å². The van der Waals surface area contributed by atoms with Gasteiger partial charge in [-0.3, -0.25) is 4.79 Å². The van der Waals surface area contributed by atoms with E-state index in [1.54, 1.807) is 19.1 Å². The Hall–Kier alpha value is -2.42.